The number of anilines is 2. The van der Waals surface area contributed by atoms with E-state index in [1.165, 1.54) is 11.9 Å². The van der Waals surface area contributed by atoms with Crippen LogP contribution in [0, 0.1) is 0 Å². The molecule has 0 amide bonds. The van der Waals surface area contributed by atoms with Gasteiger partial charge in [-0.3, -0.25) is 4.39 Å². The molecule has 0 radical (unpaired) electrons. The summed E-state index contributed by atoms with van der Waals surface area (Å²) in [5.74, 6) is 0.595. The Morgan fingerprint density at radius 2 is 1.97 bits per heavy atom. The Kier molecular flexibility index (Phi) is 9.38. The fraction of sp³-hybridized carbons (Fsp3) is 0.481. The second-order valence-corrected chi connectivity index (χ2v) is 9.25. The molecule has 2 aromatic heterocycles. The van der Waals surface area contributed by atoms with Gasteiger partial charge in [-0.05, 0) is 75.3 Å². The number of nitrogens with one attached hydrogen (secondary N) is 2. The van der Waals surface area contributed by atoms with Crippen molar-refractivity contribution in [1.29, 1.82) is 0 Å². The molecule has 3 aromatic rings. The van der Waals surface area contributed by atoms with Crippen molar-refractivity contribution in [2.24, 2.45) is 0 Å². The highest BCUT2D eigenvalue weighted by Gasteiger charge is 2.20. The number of carboxylic acid groups (broad SMARTS) is 1. The van der Waals surface area contributed by atoms with Crippen LogP contribution in [0.2, 0.25) is 0 Å². The van der Waals surface area contributed by atoms with Gasteiger partial charge in [0, 0.05) is 30.7 Å². The fourth-order valence-corrected chi connectivity index (χ4v) is 4.62. The van der Waals surface area contributed by atoms with E-state index in [4.69, 9.17) is 4.98 Å². The third-order valence-electron chi connectivity index (χ3n) is 6.60. The van der Waals surface area contributed by atoms with Crippen molar-refractivity contribution in [2.45, 2.75) is 51.0 Å². The number of alkyl halides is 1. The first-order valence-electron chi connectivity index (χ1n) is 12.8. The SMILES string of the molecule is O=C(O)C(CCN(CCCF)CCCCc1ccc2c(n1)NCCC2)Nc1ncnc2ccccc12. The number of carboxylic acids is 1. The molecular weight excluding hydrogens is 459 g/mol. The van der Waals surface area contributed by atoms with Gasteiger partial charge in [0.1, 0.15) is 24.0 Å². The van der Waals surface area contributed by atoms with Gasteiger partial charge in [-0.2, -0.15) is 0 Å². The summed E-state index contributed by atoms with van der Waals surface area (Å²) in [6.45, 7) is 2.57. The average Bonchev–Trinajstić information content (AvgIpc) is 2.91. The van der Waals surface area contributed by atoms with E-state index in [-0.39, 0.29) is 6.67 Å². The number of carbonyl (C=O) groups is 1. The molecular formula is C27H35FN6O2. The highest BCUT2D eigenvalue weighted by Crippen LogP contribution is 2.21. The Balaban J connectivity index is 1.29. The van der Waals surface area contributed by atoms with E-state index >= 15 is 0 Å². The van der Waals surface area contributed by atoms with Crippen molar-refractivity contribution in [3.05, 3.63) is 54.0 Å². The first kappa shape index (κ1) is 25.8. The second kappa shape index (κ2) is 13.1. The summed E-state index contributed by atoms with van der Waals surface area (Å²) in [7, 11) is 0. The number of pyridine rings is 1. The molecule has 36 heavy (non-hydrogen) atoms. The maximum Gasteiger partial charge on any atom is 0.326 e. The van der Waals surface area contributed by atoms with Crippen LogP contribution in [0.4, 0.5) is 16.0 Å². The highest BCUT2D eigenvalue weighted by atomic mass is 19.1. The Labute approximate surface area is 211 Å². The van der Waals surface area contributed by atoms with Gasteiger partial charge in [-0.1, -0.05) is 18.2 Å². The molecule has 192 valence electrons. The van der Waals surface area contributed by atoms with Gasteiger partial charge in [0.25, 0.3) is 0 Å². The van der Waals surface area contributed by atoms with Crippen LogP contribution in [0.3, 0.4) is 0 Å². The monoisotopic (exact) mass is 494 g/mol. The number of unbranched alkanes of at least 4 members (excludes halogenated alkanes) is 1. The van der Waals surface area contributed by atoms with Crippen molar-refractivity contribution < 1.29 is 14.3 Å². The molecule has 0 saturated carbocycles. The summed E-state index contributed by atoms with van der Waals surface area (Å²) < 4.78 is 12.9. The summed E-state index contributed by atoms with van der Waals surface area (Å²) in [4.78, 5) is 27.4. The number of para-hydroxylation sites is 1. The van der Waals surface area contributed by atoms with E-state index in [1.807, 2.05) is 24.3 Å². The minimum Gasteiger partial charge on any atom is -0.480 e. The number of hydrogen-bond donors (Lipinski definition) is 3. The standard InChI is InChI=1S/C27H35FN6O2/c28-14-6-17-34(16-4-3-8-21-12-11-20-7-5-15-29-25(20)32-21)18-13-24(27(35)36)33-26-22-9-1-2-10-23(22)30-19-31-26/h1-2,9-12,19,24H,3-8,13-18H2,(H,29,32)(H,35,36)(H,30,31,33). The van der Waals surface area contributed by atoms with Gasteiger partial charge >= 0.3 is 5.97 Å². The van der Waals surface area contributed by atoms with Crippen LogP contribution in [-0.2, 0) is 17.6 Å². The Morgan fingerprint density at radius 3 is 2.83 bits per heavy atom. The van der Waals surface area contributed by atoms with E-state index in [9.17, 15) is 14.3 Å². The van der Waals surface area contributed by atoms with Gasteiger partial charge in [-0.15, -0.1) is 0 Å². The predicted molar refractivity (Wildman–Crippen MR) is 140 cm³/mol. The third kappa shape index (κ3) is 7.10. The summed E-state index contributed by atoms with van der Waals surface area (Å²) in [6, 6.07) is 11.0. The summed E-state index contributed by atoms with van der Waals surface area (Å²) in [5, 5.41) is 17.1. The largest absolute Gasteiger partial charge is 0.480 e. The Bertz CT molecular complexity index is 1140. The van der Waals surface area contributed by atoms with Crippen LogP contribution in [0.25, 0.3) is 10.9 Å². The first-order chi connectivity index (χ1) is 17.6. The maximum atomic E-state index is 12.9. The number of fused-ring (bicyclic) bond motifs is 2. The van der Waals surface area contributed by atoms with Crippen LogP contribution in [-0.4, -0.2) is 69.8 Å². The molecule has 9 heteroatoms. The molecule has 3 N–H and O–H groups in total. The van der Waals surface area contributed by atoms with Crippen LogP contribution < -0.4 is 10.6 Å². The minimum absolute atomic E-state index is 0.379. The molecule has 1 aliphatic rings. The van der Waals surface area contributed by atoms with Crippen molar-refractivity contribution >= 4 is 28.5 Å². The summed E-state index contributed by atoms with van der Waals surface area (Å²) >= 11 is 0. The van der Waals surface area contributed by atoms with Crippen molar-refractivity contribution in [1.82, 2.24) is 19.9 Å². The number of aromatic nitrogens is 3. The topological polar surface area (TPSA) is 103 Å². The van der Waals surface area contributed by atoms with E-state index in [2.05, 4.69) is 37.6 Å². The lowest BCUT2D eigenvalue weighted by molar-refractivity contribution is -0.138. The average molecular weight is 495 g/mol. The van der Waals surface area contributed by atoms with Crippen molar-refractivity contribution in [2.75, 3.05) is 43.5 Å². The van der Waals surface area contributed by atoms with Crippen LogP contribution >= 0.6 is 0 Å². The smallest absolute Gasteiger partial charge is 0.326 e. The van der Waals surface area contributed by atoms with E-state index < -0.39 is 12.0 Å². The molecule has 1 aliphatic heterocycles. The lowest BCUT2D eigenvalue weighted by Crippen LogP contribution is -2.36. The van der Waals surface area contributed by atoms with Gasteiger partial charge in [0.2, 0.25) is 0 Å². The van der Waals surface area contributed by atoms with Gasteiger partial charge in [-0.25, -0.2) is 19.7 Å². The number of halogens is 1. The summed E-state index contributed by atoms with van der Waals surface area (Å²) in [6.07, 6.45) is 7.31. The summed E-state index contributed by atoms with van der Waals surface area (Å²) in [5.41, 5.74) is 3.14. The molecule has 0 spiro atoms. The Morgan fingerprint density at radius 1 is 1.11 bits per heavy atom. The fourth-order valence-electron chi connectivity index (χ4n) is 4.62. The van der Waals surface area contributed by atoms with Gasteiger partial charge in [0.05, 0.1) is 12.2 Å². The molecule has 8 nitrogen and oxygen atoms in total. The number of nitrogens with zero attached hydrogens (tertiary/aromatic N) is 4. The first-order valence-corrected chi connectivity index (χ1v) is 12.8. The van der Waals surface area contributed by atoms with Gasteiger partial charge < -0.3 is 20.6 Å². The molecule has 0 bridgehead atoms. The lowest BCUT2D eigenvalue weighted by Gasteiger charge is -2.24. The number of hydrogen-bond acceptors (Lipinski definition) is 7. The Hall–Kier alpha value is -3.33. The van der Waals surface area contributed by atoms with Crippen LogP contribution in [0.1, 0.15) is 43.4 Å². The van der Waals surface area contributed by atoms with Crippen LogP contribution in [0.15, 0.2) is 42.7 Å². The molecule has 4 rings (SSSR count). The minimum atomic E-state index is -0.935. The van der Waals surface area contributed by atoms with E-state index in [0.717, 1.165) is 67.6 Å². The van der Waals surface area contributed by atoms with Gasteiger partial charge in [0.15, 0.2) is 0 Å². The number of aliphatic carboxylic acids is 1. The normalized spacial score (nSPS) is 13.8. The number of benzene rings is 1. The molecule has 0 aliphatic carbocycles. The molecule has 0 fully saturated rings. The molecule has 1 unspecified atom stereocenters. The van der Waals surface area contributed by atoms with E-state index in [1.54, 1.807) is 0 Å². The lowest BCUT2D eigenvalue weighted by atomic mass is 10.1. The number of rotatable bonds is 14. The molecule has 1 atom stereocenters. The zero-order valence-electron chi connectivity index (χ0n) is 20.6. The quantitative estimate of drug-likeness (QED) is 0.285. The second-order valence-electron chi connectivity index (χ2n) is 9.25. The highest BCUT2D eigenvalue weighted by molar-refractivity contribution is 5.90. The molecule has 1 aromatic carbocycles. The number of aryl methyl sites for hydroxylation is 2. The zero-order valence-corrected chi connectivity index (χ0v) is 20.6. The predicted octanol–water partition coefficient (Wildman–Crippen LogP) is 4.32. The van der Waals surface area contributed by atoms with Crippen LogP contribution in [0.5, 0.6) is 0 Å². The van der Waals surface area contributed by atoms with E-state index in [0.29, 0.717) is 31.7 Å². The maximum absolute atomic E-state index is 12.9. The zero-order chi connectivity index (χ0) is 25.2. The van der Waals surface area contributed by atoms with Crippen molar-refractivity contribution in [3.8, 4) is 0 Å². The van der Waals surface area contributed by atoms with Crippen molar-refractivity contribution in [3.63, 3.8) is 0 Å². The third-order valence-corrected chi connectivity index (χ3v) is 6.60. The molecule has 3 heterocycles. The molecule has 0 saturated heterocycles.